The Hall–Kier alpha value is -1.36. The summed E-state index contributed by atoms with van der Waals surface area (Å²) in [6, 6.07) is 0. The Morgan fingerprint density at radius 2 is 2.05 bits per heavy atom. The zero-order valence-electron chi connectivity index (χ0n) is 11.6. The number of nitrogens with two attached hydrogens (primary N) is 1. The van der Waals surface area contributed by atoms with Gasteiger partial charge in [0.05, 0.1) is 5.54 Å². The second kappa shape index (κ2) is 6.19. The van der Waals surface area contributed by atoms with Crippen molar-refractivity contribution in [3.8, 4) is 5.88 Å². The lowest BCUT2D eigenvalue weighted by atomic mass is 9.93. The van der Waals surface area contributed by atoms with Crippen molar-refractivity contribution in [3.63, 3.8) is 0 Å². The van der Waals surface area contributed by atoms with Crippen LogP contribution >= 0.6 is 0 Å². The van der Waals surface area contributed by atoms with Gasteiger partial charge in [0.2, 0.25) is 0 Å². The van der Waals surface area contributed by atoms with Crippen LogP contribution in [0.5, 0.6) is 5.88 Å². The van der Waals surface area contributed by atoms with Crippen LogP contribution in [-0.4, -0.2) is 21.7 Å². The summed E-state index contributed by atoms with van der Waals surface area (Å²) < 4.78 is 7.19. The maximum absolute atomic E-state index is 12.0. The molecule has 2 rings (SSSR count). The molecule has 1 aliphatic rings. The average molecular weight is 265 g/mol. The molecule has 5 heteroatoms. The molecule has 0 atom stereocenters. The third-order valence-electron chi connectivity index (χ3n) is 3.82. The molecular weight excluding hydrogens is 242 g/mol. The minimum atomic E-state index is -0.308. The average Bonchev–Trinajstić information content (AvgIpc) is 2.63. The lowest BCUT2D eigenvalue weighted by molar-refractivity contribution is 0.190. The number of ether oxygens (including phenoxy) is 1. The Balaban J connectivity index is 2.03. The Morgan fingerprint density at radius 3 is 2.68 bits per heavy atom. The molecule has 106 valence electrons. The Kier molecular flexibility index (Phi) is 4.58. The molecule has 0 radical (unpaired) electrons. The number of hydrogen-bond acceptors (Lipinski definition) is 4. The van der Waals surface area contributed by atoms with Crippen molar-refractivity contribution < 1.29 is 4.74 Å². The first-order chi connectivity index (χ1) is 9.14. The first-order valence-corrected chi connectivity index (χ1v) is 7.12. The fourth-order valence-corrected chi connectivity index (χ4v) is 2.56. The predicted octanol–water partition coefficient (Wildman–Crippen LogP) is 1.69. The fraction of sp³-hybridized carbons (Fsp3) is 0.714. The summed E-state index contributed by atoms with van der Waals surface area (Å²) in [4.78, 5) is 16.0. The van der Waals surface area contributed by atoms with E-state index in [0.717, 1.165) is 25.7 Å². The molecule has 0 aromatic carbocycles. The molecule has 1 saturated carbocycles. The van der Waals surface area contributed by atoms with Gasteiger partial charge in [-0.25, -0.2) is 4.98 Å². The molecule has 5 nitrogen and oxygen atoms in total. The summed E-state index contributed by atoms with van der Waals surface area (Å²) >= 11 is 0. The summed E-state index contributed by atoms with van der Waals surface area (Å²) in [7, 11) is 0. The standard InChI is InChI=1S/C14H23N3O2/c1-2-17-10-9-16-12(13(17)18)19-11-14(15)7-5-3-4-6-8-14/h9-10H,2-8,11,15H2,1H3. The number of nitrogens with zero attached hydrogens (tertiary/aromatic N) is 2. The topological polar surface area (TPSA) is 70.1 Å². The molecular formula is C14H23N3O2. The van der Waals surface area contributed by atoms with Gasteiger partial charge in [0.1, 0.15) is 6.61 Å². The molecule has 0 saturated heterocycles. The Morgan fingerprint density at radius 1 is 1.37 bits per heavy atom. The van der Waals surface area contributed by atoms with Gasteiger partial charge in [0.15, 0.2) is 0 Å². The van der Waals surface area contributed by atoms with Crippen molar-refractivity contribution >= 4 is 0 Å². The highest BCUT2D eigenvalue weighted by Crippen LogP contribution is 2.25. The predicted molar refractivity (Wildman–Crippen MR) is 74.3 cm³/mol. The smallest absolute Gasteiger partial charge is 0.313 e. The van der Waals surface area contributed by atoms with Gasteiger partial charge < -0.3 is 15.0 Å². The molecule has 2 N–H and O–H groups in total. The molecule has 1 aromatic rings. The van der Waals surface area contributed by atoms with Gasteiger partial charge in [0.25, 0.3) is 5.88 Å². The van der Waals surface area contributed by atoms with Gasteiger partial charge in [-0.1, -0.05) is 25.7 Å². The Labute approximate surface area is 113 Å². The van der Waals surface area contributed by atoms with E-state index in [-0.39, 0.29) is 17.0 Å². The van der Waals surface area contributed by atoms with Crippen LogP contribution in [0.2, 0.25) is 0 Å². The third kappa shape index (κ3) is 3.56. The minimum absolute atomic E-state index is 0.165. The van der Waals surface area contributed by atoms with E-state index >= 15 is 0 Å². The SMILES string of the molecule is CCn1ccnc(OCC2(N)CCCCCC2)c1=O. The molecule has 1 aromatic heterocycles. The van der Waals surface area contributed by atoms with Gasteiger partial charge in [-0.05, 0) is 19.8 Å². The third-order valence-corrected chi connectivity index (χ3v) is 3.82. The van der Waals surface area contributed by atoms with Crippen molar-refractivity contribution in [1.82, 2.24) is 9.55 Å². The summed E-state index contributed by atoms with van der Waals surface area (Å²) in [6.45, 7) is 2.91. The van der Waals surface area contributed by atoms with E-state index in [1.54, 1.807) is 17.0 Å². The molecule has 1 heterocycles. The van der Waals surface area contributed by atoms with Crippen molar-refractivity contribution in [3.05, 3.63) is 22.7 Å². The fourth-order valence-electron chi connectivity index (χ4n) is 2.56. The van der Waals surface area contributed by atoms with Crippen LogP contribution in [0.4, 0.5) is 0 Å². The van der Waals surface area contributed by atoms with Crippen LogP contribution < -0.4 is 16.0 Å². The Bertz CT molecular complexity index is 462. The summed E-state index contributed by atoms with van der Waals surface area (Å²) in [5, 5.41) is 0. The maximum Gasteiger partial charge on any atom is 0.313 e. The molecule has 0 bridgehead atoms. The zero-order valence-corrected chi connectivity index (χ0v) is 11.6. The van der Waals surface area contributed by atoms with E-state index in [1.807, 2.05) is 6.92 Å². The van der Waals surface area contributed by atoms with Crippen LogP contribution in [0.1, 0.15) is 45.4 Å². The molecule has 0 amide bonds. The first kappa shape index (κ1) is 14.1. The van der Waals surface area contributed by atoms with Crippen LogP contribution in [0.15, 0.2) is 17.2 Å². The highest BCUT2D eigenvalue weighted by molar-refractivity contribution is 5.05. The van der Waals surface area contributed by atoms with E-state index in [0.29, 0.717) is 13.2 Å². The second-order valence-corrected chi connectivity index (χ2v) is 5.39. The normalized spacial score (nSPS) is 18.8. The highest BCUT2D eigenvalue weighted by atomic mass is 16.5. The molecule has 0 unspecified atom stereocenters. The highest BCUT2D eigenvalue weighted by Gasteiger charge is 2.27. The van der Waals surface area contributed by atoms with E-state index in [9.17, 15) is 4.79 Å². The first-order valence-electron chi connectivity index (χ1n) is 7.12. The van der Waals surface area contributed by atoms with Gasteiger partial charge in [-0.3, -0.25) is 4.79 Å². The molecule has 0 spiro atoms. The van der Waals surface area contributed by atoms with Crippen LogP contribution in [0.3, 0.4) is 0 Å². The molecule has 1 aliphatic carbocycles. The summed E-state index contributed by atoms with van der Waals surface area (Å²) in [5.74, 6) is 0.165. The van der Waals surface area contributed by atoms with E-state index in [4.69, 9.17) is 10.5 Å². The van der Waals surface area contributed by atoms with Crippen molar-refractivity contribution in [2.75, 3.05) is 6.61 Å². The quantitative estimate of drug-likeness (QED) is 0.841. The molecule has 1 fully saturated rings. The maximum atomic E-state index is 12.0. The summed E-state index contributed by atoms with van der Waals surface area (Å²) in [5.41, 5.74) is 5.88. The monoisotopic (exact) mass is 265 g/mol. The number of aryl methyl sites for hydroxylation is 1. The van der Waals surface area contributed by atoms with Gasteiger partial charge >= 0.3 is 5.56 Å². The number of aromatic nitrogens is 2. The van der Waals surface area contributed by atoms with Crippen LogP contribution in [0, 0.1) is 0 Å². The van der Waals surface area contributed by atoms with Crippen molar-refractivity contribution in [2.24, 2.45) is 5.73 Å². The van der Waals surface area contributed by atoms with Crippen molar-refractivity contribution in [2.45, 2.75) is 57.5 Å². The molecule has 0 aliphatic heterocycles. The van der Waals surface area contributed by atoms with Gasteiger partial charge in [-0.2, -0.15) is 0 Å². The second-order valence-electron chi connectivity index (χ2n) is 5.39. The zero-order chi connectivity index (χ0) is 13.7. The van der Waals surface area contributed by atoms with Crippen molar-refractivity contribution in [1.29, 1.82) is 0 Å². The lowest BCUT2D eigenvalue weighted by Crippen LogP contribution is -2.45. The van der Waals surface area contributed by atoms with Crippen LogP contribution in [0.25, 0.3) is 0 Å². The van der Waals surface area contributed by atoms with E-state index in [1.165, 1.54) is 12.8 Å². The largest absolute Gasteiger partial charge is 0.472 e. The van der Waals surface area contributed by atoms with E-state index < -0.39 is 0 Å². The van der Waals surface area contributed by atoms with Crippen LogP contribution in [-0.2, 0) is 6.54 Å². The molecule has 19 heavy (non-hydrogen) atoms. The lowest BCUT2D eigenvalue weighted by Gasteiger charge is -2.27. The minimum Gasteiger partial charge on any atom is -0.472 e. The summed E-state index contributed by atoms with van der Waals surface area (Å²) in [6.07, 6.45) is 9.94. The van der Waals surface area contributed by atoms with Gasteiger partial charge in [0, 0.05) is 18.9 Å². The number of rotatable bonds is 4. The van der Waals surface area contributed by atoms with E-state index in [2.05, 4.69) is 4.98 Å². The van der Waals surface area contributed by atoms with Gasteiger partial charge in [-0.15, -0.1) is 0 Å². The number of hydrogen-bond donors (Lipinski definition) is 1.